The van der Waals surface area contributed by atoms with Crippen molar-refractivity contribution in [1.29, 1.82) is 0 Å². The van der Waals surface area contributed by atoms with Gasteiger partial charge in [-0.05, 0) is 51.3 Å². The molecule has 0 aliphatic heterocycles. The number of benzene rings is 2. The molecule has 0 bridgehead atoms. The van der Waals surface area contributed by atoms with Crippen LogP contribution in [0.2, 0.25) is 0 Å². The SMILES string of the molecule is CC(=O)c1cc(O)c2cc(CCC=C(C)C)ccc2c1O. The first-order valence-corrected chi connectivity index (χ1v) is 7.02. The third-order valence-electron chi connectivity index (χ3n) is 3.52. The molecule has 0 saturated heterocycles. The Morgan fingerprint density at radius 1 is 1.10 bits per heavy atom. The van der Waals surface area contributed by atoms with Crippen LogP contribution in [0.25, 0.3) is 10.8 Å². The van der Waals surface area contributed by atoms with Crippen LogP contribution in [0.15, 0.2) is 35.9 Å². The summed E-state index contributed by atoms with van der Waals surface area (Å²) in [6, 6.07) is 6.88. The fourth-order valence-electron chi connectivity index (χ4n) is 2.39. The number of allylic oxidation sites excluding steroid dienone is 2. The lowest BCUT2D eigenvalue weighted by molar-refractivity contribution is 0.101. The summed E-state index contributed by atoms with van der Waals surface area (Å²) >= 11 is 0. The lowest BCUT2D eigenvalue weighted by Gasteiger charge is -2.09. The van der Waals surface area contributed by atoms with Gasteiger partial charge in [0.05, 0.1) is 5.56 Å². The molecule has 0 unspecified atom stereocenters. The number of aromatic hydroxyl groups is 2. The van der Waals surface area contributed by atoms with Crippen molar-refractivity contribution >= 4 is 16.6 Å². The summed E-state index contributed by atoms with van der Waals surface area (Å²) in [6.07, 6.45) is 3.97. The number of ketones is 1. The van der Waals surface area contributed by atoms with E-state index in [0.29, 0.717) is 10.8 Å². The van der Waals surface area contributed by atoms with Crippen LogP contribution in [-0.2, 0) is 6.42 Å². The van der Waals surface area contributed by atoms with Gasteiger partial charge in [-0.3, -0.25) is 4.79 Å². The van der Waals surface area contributed by atoms with Gasteiger partial charge in [-0.1, -0.05) is 23.8 Å². The number of hydrogen-bond acceptors (Lipinski definition) is 3. The molecular weight excluding hydrogens is 264 g/mol. The summed E-state index contributed by atoms with van der Waals surface area (Å²) in [4.78, 5) is 11.5. The van der Waals surface area contributed by atoms with Crippen LogP contribution in [0.1, 0.15) is 43.1 Å². The van der Waals surface area contributed by atoms with Gasteiger partial charge >= 0.3 is 0 Å². The van der Waals surface area contributed by atoms with Gasteiger partial charge in [0.1, 0.15) is 11.5 Å². The van der Waals surface area contributed by atoms with Crippen molar-refractivity contribution in [3.63, 3.8) is 0 Å². The number of carbonyl (C=O) groups excluding carboxylic acids is 1. The second-order valence-electron chi connectivity index (χ2n) is 5.55. The van der Waals surface area contributed by atoms with Crippen molar-refractivity contribution in [2.24, 2.45) is 0 Å². The smallest absolute Gasteiger partial charge is 0.163 e. The van der Waals surface area contributed by atoms with E-state index in [1.54, 1.807) is 6.07 Å². The highest BCUT2D eigenvalue weighted by atomic mass is 16.3. The minimum atomic E-state index is -0.266. The second-order valence-corrected chi connectivity index (χ2v) is 5.55. The van der Waals surface area contributed by atoms with Gasteiger partial charge in [-0.15, -0.1) is 0 Å². The number of rotatable bonds is 4. The molecule has 0 saturated carbocycles. The Hall–Kier alpha value is -2.29. The molecule has 0 aliphatic rings. The lowest BCUT2D eigenvalue weighted by atomic mass is 9.98. The molecule has 0 heterocycles. The van der Waals surface area contributed by atoms with E-state index in [4.69, 9.17) is 0 Å². The molecule has 0 fully saturated rings. The van der Waals surface area contributed by atoms with Gasteiger partial charge in [0, 0.05) is 10.8 Å². The largest absolute Gasteiger partial charge is 0.507 e. The van der Waals surface area contributed by atoms with E-state index in [0.717, 1.165) is 18.4 Å². The van der Waals surface area contributed by atoms with Crippen molar-refractivity contribution in [2.75, 3.05) is 0 Å². The molecule has 3 nitrogen and oxygen atoms in total. The summed E-state index contributed by atoms with van der Waals surface area (Å²) < 4.78 is 0. The van der Waals surface area contributed by atoms with Crippen LogP contribution in [0.5, 0.6) is 11.5 Å². The van der Waals surface area contributed by atoms with Crippen LogP contribution in [0.4, 0.5) is 0 Å². The minimum Gasteiger partial charge on any atom is -0.507 e. The van der Waals surface area contributed by atoms with Crippen molar-refractivity contribution in [1.82, 2.24) is 0 Å². The Labute approximate surface area is 124 Å². The normalized spacial score (nSPS) is 10.6. The predicted molar refractivity (Wildman–Crippen MR) is 85.0 cm³/mol. The summed E-state index contributed by atoms with van der Waals surface area (Å²) in [5.41, 5.74) is 2.52. The molecule has 21 heavy (non-hydrogen) atoms. The number of phenolic OH excluding ortho intramolecular Hbond substituents is 2. The van der Waals surface area contributed by atoms with Gasteiger partial charge in [0.15, 0.2) is 5.78 Å². The Morgan fingerprint density at radius 3 is 2.43 bits per heavy atom. The number of carbonyl (C=O) groups is 1. The summed E-state index contributed by atoms with van der Waals surface area (Å²) in [5.74, 6) is -0.305. The zero-order valence-electron chi connectivity index (χ0n) is 12.6. The predicted octanol–water partition coefficient (Wildman–Crippen LogP) is 4.35. The zero-order chi connectivity index (χ0) is 15.6. The summed E-state index contributed by atoms with van der Waals surface area (Å²) in [7, 11) is 0. The summed E-state index contributed by atoms with van der Waals surface area (Å²) in [5, 5.41) is 21.3. The first-order valence-electron chi connectivity index (χ1n) is 7.02. The molecule has 110 valence electrons. The highest BCUT2D eigenvalue weighted by molar-refractivity contribution is 6.05. The second kappa shape index (κ2) is 6.00. The number of fused-ring (bicyclic) bond motifs is 1. The number of Topliss-reactive ketones (excluding diaryl/α,β-unsaturated/α-hetero) is 1. The van der Waals surface area contributed by atoms with Crippen LogP contribution in [-0.4, -0.2) is 16.0 Å². The Morgan fingerprint density at radius 2 is 1.81 bits per heavy atom. The topological polar surface area (TPSA) is 57.5 Å². The molecule has 0 atom stereocenters. The fourth-order valence-corrected chi connectivity index (χ4v) is 2.39. The van der Waals surface area contributed by atoms with Gasteiger partial charge < -0.3 is 10.2 Å². The minimum absolute atomic E-state index is 0.0251. The third-order valence-corrected chi connectivity index (χ3v) is 3.52. The molecule has 3 heteroatoms. The Balaban J connectivity index is 2.45. The highest BCUT2D eigenvalue weighted by Gasteiger charge is 2.14. The maximum Gasteiger partial charge on any atom is 0.163 e. The maximum atomic E-state index is 11.5. The molecule has 0 radical (unpaired) electrons. The van der Waals surface area contributed by atoms with Crippen molar-refractivity contribution < 1.29 is 15.0 Å². The molecule has 2 N–H and O–H groups in total. The quantitative estimate of drug-likeness (QED) is 0.498. The Kier molecular flexibility index (Phi) is 4.32. The molecule has 2 rings (SSSR count). The monoisotopic (exact) mass is 284 g/mol. The van der Waals surface area contributed by atoms with Crippen molar-refractivity contribution in [2.45, 2.75) is 33.6 Å². The van der Waals surface area contributed by atoms with Gasteiger partial charge in [0.2, 0.25) is 0 Å². The molecule has 2 aromatic carbocycles. The van der Waals surface area contributed by atoms with Gasteiger partial charge in [-0.2, -0.15) is 0 Å². The van der Waals surface area contributed by atoms with E-state index >= 15 is 0 Å². The zero-order valence-corrected chi connectivity index (χ0v) is 12.6. The first kappa shape index (κ1) is 15.1. The van der Waals surface area contributed by atoms with E-state index in [-0.39, 0.29) is 22.8 Å². The van der Waals surface area contributed by atoms with Crippen LogP contribution >= 0.6 is 0 Å². The fraction of sp³-hybridized carbons (Fsp3) is 0.278. The average molecular weight is 284 g/mol. The molecule has 0 aromatic heterocycles. The average Bonchev–Trinajstić information content (AvgIpc) is 2.42. The highest BCUT2D eigenvalue weighted by Crippen LogP contribution is 2.36. The standard InChI is InChI=1S/C18H20O3/c1-11(2)5-4-6-13-7-8-14-16(9-13)17(20)10-15(12(3)19)18(14)21/h5,7-10,20-21H,4,6H2,1-3H3. The molecule has 0 spiro atoms. The van der Waals surface area contributed by atoms with E-state index < -0.39 is 0 Å². The Bertz CT molecular complexity index is 723. The number of aryl methyl sites for hydroxylation is 1. The van der Waals surface area contributed by atoms with Crippen molar-refractivity contribution in [3.8, 4) is 11.5 Å². The summed E-state index contributed by atoms with van der Waals surface area (Å²) in [6.45, 7) is 5.50. The van der Waals surface area contributed by atoms with Gasteiger partial charge in [-0.25, -0.2) is 0 Å². The number of hydrogen-bond donors (Lipinski definition) is 2. The lowest BCUT2D eigenvalue weighted by Crippen LogP contribution is -1.94. The van der Waals surface area contributed by atoms with Crippen molar-refractivity contribution in [3.05, 3.63) is 47.0 Å². The van der Waals surface area contributed by atoms with Crippen LogP contribution < -0.4 is 0 Å². The number of phenols is 2. The van der Waals surface area contributed by atoms with Crippen LogP contribution in [0.3, 0.4) is 0 Å². The molecule has 0 amide bonds. The first-order chi connectivity index (χ1) is 9.90. The van der Waals surface area contributed by atoms with E-state index in [2.05, 4.69) is 19.9 Å². The van der Waals surface area contributed by atoms with E-state index in [9.17, 15) is 15.0 Å². The third kappa shape index (κ3) is 3.24. The van der Waals surface area contributed by atoms with Gasteiger partial charge in [0.25, 0.3) is 0 Å². The molecule has 0 aliphatic carbocycles. The molecule has 2 aromatic rings. The van der Waals surface area contributed by atoms with Crippen LogP contribution in [0, 0.1) is 0 Å². The van der Waals surface area contributed by atoms with E-state index in [1.165, 1.54) is 18.6 Å². The van der Waals surface area contributed by atoms with E-state index in [1.807, 2.05) is 12.1 Å². The maximum absolute atomic E-state index is 11.5. The molecular formula is C18H20O3.